The van der Waals surface area contributed by atoms with Gasteiger partial charge in [-0.25, -0.2) is 5.43 Å². The molecular weight excluding hydrogens is 671 g/mol. The lowest BCUT2D eigenvalue weighted by Gasteiger charge is -2.34. The van der Waals surface area contributed by atoms with E-state index in [4.69, 9.17) is 39.5 Å². The number of nitrogens with zero attached hydrogens (tertiary/aromatic N) is 3. The molecule has 15 heteroatoms. The predicted molar refractivity (Wildman–Crippen MR) is 183 cm³/mol. The summed E-state index contributed by atoms with van der Waals surface area (Å²) in [5, 5.41) is 18.4. The van der Waals surface area contributed by atoms with Gasteiger partial charge in [-0.1, -0.05) is 53.0 Å². The second kappa shape index (κ2) is 16.7. The number of carbonyl (C=O) groups is 4. The van der Waals surface area contributed by atoms with Crippen molar-refractivity contribution in [2.45, 2.75) is 75.0 Å². The number of aliphatic hydroxyl groups excluding tert-OH is 1. The van der Waals surface area contributed by atoms with Gasteiger partial charge < -0.3 is 25.5 Å². The van der Waals surface area contributed by atoms with Crippen LogP contribution in [0.1, 0.15) is 64.3 Å². The van der Waals surface area contributed by atoms with Crippen LogP contribution in [0.4, 0.5) is 0 Å². The molecule has 2 aromatic rings. The number of pyridine rings is 1. The Morgan fingerprint density at radius 2 is 1.91 bits per heavy atom. The van der Waals surface area contributed by atoms with Crippen molar-refractivity contribution in [3.63, 3.8) is 0 Å². The Hall–Kier alpha value is -3.29. The molecular formula is C32H41Cl3N6O6. The fourth-order valence-corrected chi connectivity index (χ4v) is 4.87. The van der Waals surface area contributed by atoms with E-state index in [0.717, 1.165) is 16.3 Å². The Morgan fingerprint density at radius 3 is 2.57 bits per heavy atom. The first-order valence-corrected chi connectivity index (χ1v) is 16.3. The van der Waals surface area contributed by atoms with Crippen molar-refractivity contribution in [2.24, 2.45) is 10.4 Å². The van der Waals surface area contributed by atoms with Crippen LogP contribution in [0.3, 0.4) is 0 Å². The van der Waals surface area contributed by atoms with Gasteiger partial charge in [-0.3, -0.25) is 29.2 Å². The molecule has 0 radical (unpaired) electrons. The predicted octanol–water partition coefficient (Wildman–Crippen LogP) is 3.82. The molecule has 0 bridgehead atoms. The van der Waals surface area contributed by atoms with Crippen LogP contribution in [-0.4, -0.2) is 87.1 Å². The number of aliphatic hydroxyl groups is 1. The molecule has 4 N–H and O–H groups in total. The second-order valence-electron chi connectivity index (χ2n) is 12.0. The zero-order valence-corrected chi connectivity index (χ0v) is 29.0. The maximum Gasteiger partial charge on any atom is 0.325 e. The van der Waals surface area contributed by atoms with E-state index in [-0.39, 0.29) is 13.0 Å². The summed E-state index contributed by atoms with van der Waals surface area (Å²) in [5.74, 6) is -2.17. The number of alkyl halides is 3. The molecule has 256 valence electrons. The molecule has 0 spiro atoms. The van der Waals surface area contributed by atoms with Gasteiger partial charge in [0.15, 0.2) is 0 Å². The van der Waals surface area contributed by atoms with Gasteiger partial charge in [0.25, 0.3) is 5.91 Å². The van der Waals surface area contributed by atoms with Gasteiger partial charge in [0.1, 0.15) is 24.7 Å². The third-order valence-electron chi connectivity index (χ3n) is 7.55. The van der Waals surface area contributed by atoms with E-state index in [0.29, 0.717) is 25.1 Å². The molecule has 3 rings (SSSR count). The highest BCUT2D eigenvalue weighted by Gasteiger charge is 2.34. The fraction of sp³-hybridized carbons (Fsp3) is 0.500. The number of halogens is 3. The number of ether oxygens (including phenoxy) is 1. The fourth-order valence-electron chi connectivity index (χ4n) is 4.71. The number of aromatic nitrogens is 1. The van der Waals surface area contributed by atoms with Gasteiger partial charge in [-0.05, 0) is 82.8 Å². The van der Waals surface area contributed by atoms with E-state index in [9.17, 15) is 24.3 Å². The van der Waals surface area contributed by atoms with Crippen molar-refractivity contribution in [1.29, 1.82) is 0 Å². The number of carbonyl (C=O) groups excluding carboxylic acids is 4. The second-order valence-corrected chi connectivity index (χ2v) is 14.5. The van der Waals surface area contributed by atoms with E-state index in [1.54, 1.807) is 39.1 Å². The molecule has 1 saturated heterocycles. The SMILES string of the molecule is C=NCC[C@H](NC(=O)C(C)(C)/C=C/c1cc2cc([C@@H](C)O)ccc2cn1)C(=O)N[C@@H](C)C(=O)N1CCC[C@@H](C(=O)OCC(Cl)(Cl)Cl)N1. The number of rotatable bonds is 13. The van der Waals surface area contributed by atoms with Crippen LogP contribution in [0, 0.1) is 5.41 Å². The van der Waals surface area contributed by atoms with E-state index >= 15 is 0 Å². The molecule has 1 aromatic heterocycles. The van der Waals surface area contributed by atoms with Crippen LogP contribution in [-0.2, 0) is 23.9 Å². The molecule has 0 unspecified atom stereocenters. The molecule has 1 aromatic carbocycles. The Balaban J connectivity index is 1.64. The smallest absolute Gasteiger partial charge is 0.325 e. The maximum atomic E-state index is 13.4. The van der Waals surface area contributed by atoms with Crippen molar-refractivity contribution in [2.75, 3.05) is 19.7 Å². The Morgan fingerprint density at radius 1 is 1.19 bits per heavy atom. The molecule has 1 aliphatic heterocycles. The minimum atomic E-state index is -1.77. The summed E-state index contributed by atoms with van der Waals surface area (Å²) in [4.78, 5) is 60.5. The van der Waals surface area contributed by atoms with E-state index < -0.39 is 63.7 Å². The van der Waals surface area contributed by atoms with Crippen LogP contribution in [0.15, 0.2) is 41.5 Å². The summed E-state index contributed by atoms with van der Waals surface area (Å²) in [6, 6.07) is 4.65. The average Bonchev–Trinajstić information content (AvgIpc) is 3.03. The first-order chi connectivity index (χ1) is 22.0. The molecule has 12 nitrogen and oxygen atoms in total. The highest BCUT2D eigenvalue weighted by molar-refractivity contribution is 6.67. The Labute approximate surface area is 289 Å². The van der Waals surface area contributed by atoms with E-state index in [1.807, 2.05) is 24.3 Å². The number of hydrogen-bond acceptors (Lipinski definition) is 9. The number of aliphatic imine (C=N–C) groups is 1. The van der Waals surface area contributed by atoms with Gasteiger partial charge in [0.2, 0.25) is 15.6 Å². The van der Waals surface area contributed by atoms with Crippen LogP contribution < -0.4 is 16.1 Å². The third kappa shape index (κ3) is 11.4. The van der Waals surface area contributed by atoms with Crippen LogP contribution in [0.2, 0.25) is 0 Å². The van der Waals surface area contributed by atoms with Gasteiger partial charge >= 0.3 is 5.97 Å². The lowest BCUT2D eigenvalue weighted by Crippen LogP contribution is -2.60. The number of hydrogen-bond donors (Lipinski definition) is 4. The highest BCUT2D eigenvalue weighted by Crippen LogP contribution is 2.26. The van der Waals surface area contributed by atoms with E-state index in [1.165, 1.54) is 11.9 Å². The first-order valence-electron chi connectivity index (χ1n) is 15.1. The zero-order chi connectivity index (χ0) is 34.9. The maximum absolute atomic E-state index is 13.4. The molecule has 0 aliphatic carbocycles. The van der Waals surface area contributed by atoms with Crippen molar-refractivity contribution >= 4 is 82.1 Å². The summed E-state index contributed by atoms with van der Waals surface area (Å²) in [7, 11) is 0. The molecule has 47 heavy (non-hydrogen) atoms. The average molecular weight is 712 g/mol. The Bertz CT molecular complexity index is 1500. The highest BCUT2D eigenvalue weighted by atomic mass is 35.6. The van der Waals surface area contributed by atoms with Crippen LogP contribution in [0.25, 0.3) is 16.8 Å². The summed E-state index contributed by atoms with van der Waals surface area (Å²) < 4.78 is 3.26. The number of esters is 1. The zero-order valence-electron chi connectivity index (χ0n) is 26.8. The number of nitrogens with one attached hydrogen (secondary N) is 3. The molecule has 3 amide bonds. The molecule has 0 saturated carbocycles. The lowest BCUT2D eigenvalue weighted by atomic mass is 9.90. The first kappa shape index (κ1) is 38.2. The van der Waals surface area contributed by atoms with Crippen molar-refractivity contribution in [1.82, 2.24) is 26.1 Å². The molecule has 4 atom stereocenters. The number of hydrazine groups is 1. The van der Waals surface area contributed by atoms with E-state index in [2.05, 4.69) is 32.8 Å². The van der Waals surface area contributed by atoms with Crippen LogP contribution >= 0.6 is 34.8 Å². The monoisotopic (exact) mass is 710 g/mol. The summed E-state index contributed by atoms with van der Waals surface area (Å²) in [5.41, 5.74) is 3.17. The normalized spacial score (nSPS) is 17.5. The molecule has 1 aliphatic rings. The number of fused-ring (bicyclic) bond motifs is 1. The van der Waals surface area contributed by atoms with Crippen molar-refractivity contribution < 1.29 is 29.0 Å². The Kier molecular flexibility index (Phi) is 13.6. The minimum Gasteiger partial charge on any atom is -0.460 e. The third-order valence-corrected chi connectivity index (χ3v) is 7.87. The molecule has 1 fully saturated rings. The van der Waals surface area contributed by atoms with Crippen molar-refractivity contribution in [3.05, 3.63) is 47.8 Å². The van der Waals surface area contributed by atoms with Crippen molar-refractivity contribution in [3.8, 4) is 0 Å². The number of benzene rings is 1. The van der Waals surface area contributed by atoms with Gasteiger partial charge in [0.05, 0.1) is 17.2 Å². The standard InChI is InChI=1S/C32H41Cl3N6O6/c1-19(28(44)41-14-6-7-26(40-41)29(45)47-18-32(33,34)35)38-27(43)25(11-13-36-5)39-30(46)31(3,4)12-10-24-16-23-15-21(20(2)42)8-9-22(23)17-37-24/h8-10,12,15-17,19-20,25-26,40,42H,5-7,11,13-14,18H2,1-4H3,(H,38,43)(H,39,46)/b12-10+/t19-,20+,25-,26-/m0/s1. The summed E-state index contributed by atoms with van der Waals surface area (Å²) in [6.07, 6.45) is 5.58. The summed E-state index contributed by atoms with van der Waals surface area (Å²) in [6.45, 7) is 10.1. The number of amides is 3. The quantitative estimate of drug-likeness (QED) is 0.139. The minimum absolute atomic E-state index is 0.151. The summed E-state index contributed by atoms with van der Waals surface area (Å²) >= 11 is 17.0. The molecule has 2 heterocycles. The van der Waals surface area contributed by atoms with Crippen LogP contribution in [0.5, 0.6) is 0 Å². The van der Waals surface area contributed by atoms with Gasteiger partial charge in [-0.2, -0.15) is 0 Å². The lowest BCUT2D eigenvalue weighted by molar-refractivity contribution is -0.152. The van der Waals surface area contributed by atoms with Gasteiger partial charge in [0, 0.05) is 24.7 Å². The van der Waals surface area contributed by atoms with Gasteiger partial charge in [-0.15, -0.1) is 0 Å². The largest absolute Gasteiger partial charge is 0.460 e. The topological polar surface area (TPSA) is 162 Å².